The first kappa shape index (κ1) is 48.1. The van der Waals surface area contributed by atoms with E-state index in [0.29, 0.717) is 46.0 Å². The first-order chi connectivity index (χ1) is 30.1. The number of benzene rings is 2. The lowest BCUT2D eigenvalue weighted by Crippen LogP contribution is -2.30. The highest BCUT2D eigenvalue weighted by molar-refractivity contribution is 6.35. The van der Waals surface area contributed by atoms with Crippen molar-refractivity contribution in [2.45, 2.75) is 104 Å². The van der Waals surface area contributed by atoms with Gasteiger partial charge in [-0.15, -0.1) is 0 Å². The van der Waals surface area contributed by atoms with Crippen molar-refractivity contribution >= 4 is 97.8 Å². The number of carbonyl (C=O) groups excluding carboxylic acids is 2. The van der Waals surface area contributed by atoms with Crippen molar-refractivity contribution in [3.8, 4) is 0 Å². The normalized spacial score (nSPS) is 22.9. The fourth-order valence-electron chi connectivity index (χ4n) is 7.50. The summed E-state index contributed by atoms with van der Waals surface area (Å²) in [6.45, 7) is 11.8. The Morgan fingerprint density at radius 2 is 1.16 bits per heavy atom. The summed E-state index contributed by atoms with van der Waals surface area (Å²) in [6, 6.07) is 15.1. The molecule has 336 valence electrons. The first-order valence-electron chi connectivity index (χ1n) is 20.2. The van der Waals surface area contributed by atoms with E-state index in [2.05, 4.69) is 35.5 Å². The van der Waals surface area contributed by atoms with Gasteiger partial charge in [0.2, 0.25) is 10.6 Å². The summed E-state index contributed by atoms with van der Waals surface area (Å²) in [5.41, 5.74) is 8.23. The second-order valence-corrected chi connectivity index (χ2v) is 16.7. The monoisotopic (exact) mass is 962 g/mol. The molecule has 0 aliphatic carbocycles. The number of ether oxygens (including phenoxy) is 4. The van der Waals surface area contributed by atoms with Crippen LogP contribution in [0.2, 0.25) is 25.8 Å². The van der Waals surface area contributed by atoms with Crippen molar-refractivity contribution in [3.05, 3.63) is 97.8 Å². The maximum absolute atomic E-state index is 11.7. The van der Waals surface area contributed by atoms with E-state index in [1.165, 1.54) is 13.8 Å². The Labute approximate surface area is 389 Å². The maximum atomic E-state index is 11.7. The minimum atomic E-state index is -0.608. The van der Waals surface area contributed by atoms with E-state index in [0.717, 1.165) is 29.0 Å². The Balaban J connectivity index is 0.000000180. The Morgan fingerprint density at radius 3 is 1.62 bits per heavy atom. The van der Waals surface area contributed by atoms with Crippen LogP contribution in [-0.4, -0.2) is 75.9 Å². The number of rotatable bonds is 10. The predicted molar refractivity (Wildman–Crippen MR) is 242 cm³/mol. The van der Waals surface area contributed by atoms with Crippen LogP contribution in [0.15, 0.2) is 60.9 Å². The van der Waals surface area contributed by atoms with Gasteiger partial charge in [-0.05, 0) is 59.3 Å². The van der Waals surface area contributed by atoms with Gasteiger partial charge in [0.05, 0.1) is 35.4 Å². The van der Waals surface area contributed by atoms with Crippen LogP contribution in [0.3, 0.4) is 0 Å². The van der Waals surface area contributed by atoms with Gasteiger partial charge < -0.3 is 30.0 Å². The van der Waals surface area contributed by atoms with Gasteiger partial charge in [0.15, 0.2) is 36.0 Å². The Kier molecular flexibility index (Phi) is 16.4. The molecule has 2 aromatic carbocycles. The zero-order chi connectivity index (χ0) is 45.5. The highest BCUT2D eigenvalue weighted by Crippen LogP contribution is 2.40. The molecule has 21 heteroatoms. The van der Waals surface area contributed by atoms with Crippen LogP contribution < -0.4 is 11.1 Å². The lowest BCUT2D eigenvalue weighted by molar-refractivity contribution is -0.154. The molecule has 4 aromatic heterocycles. The van der Waals surface area contributed by atoms with Crippen LogP contribution in [0.5, 0.6) is 0 Å². The summed E-state index contributed by atoms with van der Waals surface area (Å²) in [5.74, 6) is -0.166. The molecular formula is C42H47Cl5N10O6. The van der Waals surface area contributed by atoms with Gasteiger partial charge in [0.25, 0.3) is 0 Å². The van der Waals surface area contributed by atoms with Crippen molar-refractivity contribution in [3.63, 3.8) is 0 Å². The van der Waals surface area contributed by atoms with E-state index >= 15 is 0 Å². The van der Waals surface area contributed by atoms with Gasteiger partial charge in [-0.1, -0.05) is 98.9 Å². The van der Waals surface area contributed by atoms with Gasteiger partial charge >= 0.3 is 11.9 Å². The molecule has 0 spiro atoms. The van der Waals surface area contributed by atoms with Gasteiger partial charge in [-0.2, -0.15) is 25.1 Å². The quantitative estimate of drug-likeness (QED) is 0.0748. The average molecular weight is 965 g/mol. The van der Waals surface area contributed by atoms with Crippen molar-refractivity contribution in [2.75, 3.05) is 5.32 Å². The Bertz CT molecular complexity index is 2540. The highest BCUT2D eigenvalue weighted by atomic mass is 35.5. The van der Waals surface area contributed by atoms with Crippen molar-refractivity contribution < 1.29 is 28.5 Å². The van der Waals surface area contributed by atoms with E-state index in [9.17, 15) is 9.59 Å². The van der Waals surface area contributed by atoms with Crippen LogP contribution in [0.4, 0.5) is 5.82 Å². The molecule has 3 N–H and O–H groups in total. The van der Waals surface area contributed by atoms with Crippen molar-refractivity contribution in [1.29, 1.82) is 0 Å². The number of esters is 2. The summed E-state index contributed by atoms with van der Waals surface area (Å²) in [5, 5.41) is 15.0. The number of hydrogen-bond donors (Lipinski definition) is 2. The van der Waals surface area contributed by atoms with E-state index in [1.54, 1.807) is 21.8 Å². The lowest BCUT2D eigenvalue weighted by atomic mass is 9.98. The standard InChI is InChI=1S/C21H23Cl2N5O3.C14H16Cl2N4O3.C7H8ClN/c1-4-16-11(2)17(30-12(3)29)20(31-16)28-19-14(10-25-28)18(26-21(23)27-19)24-9-13-7-5-6-8-15(13)22;1-4-9-6(2)10(22-7(3)21)13(23-9)20-12-8(5-17-20)11(15)18-14(16)19-12;8-7-4-2-1-3-6(7)5-9/h5-8,10-11,16-17,20H,4,9H2,1-3H3,(H,24,26,27);5-6,9-10,13H,4H2,1-3H3;1-4H,5,9H2/t11-,16-,17-,20-;6-,9-,10-,13-;/m11./s1. The molecule has 63 heavy (non-hydrogen) atoms. The van der Waals surface area contributed by atoms with E-state index in [-0.39, 0.29) is 51.7 Å². The summed E-state index contributed by atoms with van der Waals surface area (Å²) >= 11 is 30.2. The number of nitrogens with two attached hydrogens (primary N) is 1. The fraction of sp³-hybridized carbons (Fsp3) is 0.429. The SMILES string of the molecule is CC[C@H]1O[C@@H](n2ncc3c(Cl)nc(Cl)nc32)[C@H](OC(C)=O)[C@@H]1C.CC[C@H]1O[C@@H](n2ncc3c(NCc4ccccc4Cl)nc(Cl)nc32)[C@H](OC(C)=O)[C@@H]1C.NCc1ccccc1Cl. The molecule has 2 aliphatic rings. The van der Waals surface area contributed by atoms with E-state index in [4.69, 9.17) is 82.7 Å². The molecule has 0 saturated carbocycles. The number of anilines is 1. The third-order valence-electron chi connectivity index (χ3n) is 10.7. The van der Waals surface area contributed by atoms with Crippen molar-refractivity contribution in [1.82, 2.24) is 39.5 Å². The highest BCUT2D eigenvalue weighted by Gasteiger charge is 2.47. The van der Waals surface area contributed by atoms with Gasteiger partial charge in [-0.3, -0.25) is 9.59 Å². The second-order valence-electron chi connectivity index (χ2n) is 14.8. The molecule has 0 amide bonds. The summed E-state index contributed by atoms with van der Waals surface area (Å²) < 4.78 is 26.5. The molecule has 8 atom stereocenters. The molecule has 0 radical (unpaired) electrons. The average Bonchev–Trinajstić information content (AvgIpc) is 4.01. The number of fused-ring (bicyclic) bond motifs is 2. The first-order valence-corrected chi connectivity index (χ1v) is 22.1. The minimum Gasteiger partial charge on any atom is -0.457 e. The summed E-state index contributed by atoms with van der Waals surface area (Å²) in [6.07, 6.45) is 2.53. The molecule has 2 saturated heterocycles. The third kappa shape index (κ3) is 11.1. The van der Waals surface area contributed by atoms with Crippen LogP contribution in [-0.2, 0) is 41.6 Å². The van der Waals surface area contributed by atoms with Crippen molar-refractivity contribution in [2.24, 2.45) is 17.6 Å². The molecule has 8 rings (SSSR count). The lowest BCUT2D eigenvalue weighted by Gasteiger charge is -2.21. The summed E-state index contributed by atoms with van der Waals surface area (Å²) in [4.78, 5) is 39.9. The van der Waals surface area contributed by atoms with Crippen LogP contribution in [0, 0.1) is 11.8 Å². The largest absolute Gasteiger partial charge is 0.457 e. The number of nitrogens with one attached hydrogen (secondary N) is 1. The number of nitrogens with zero attached hydrogens (tertiary/aromatic N) is 8. The zero-order valence-electron chi connectivity index (χ0n) is 35.2. The Morgan fingerprint density at radius 1 is 0.698 bits per heavy atom. The van der Waals surface area contributed by atoms with Gasteiger partial charge in [0.1, 0.15) is 11.0 Å². The number of carbonyl (C=O) groups is 2. The molecule has 6 aromatic rings. The van der Waals surface area contributed by atoms with Gasteiger partial charge in [0, 0.05) is 48.8 Å². The third-order valence-corrected chi connectivity index (χ3v) is 12.0. The van der Waals surface area contributed by atoms with Crippen LogP contribution in [0.1, 0.15) is 78.0 Å². The minimum absolute atomic E-state index is 0.00766. The van der Waals surface area contributed by atoms with Gasteiger partial charge in [-0.25, -0.2) is 14.3 Å². The Hall–Kier alpha value is -4.39. The maximum Gasteiger partial charge on any atom is 0.303 e. The number of halogens is 5. The number of aromatic nitrogens is 8. The molecular weight excluding hydrogens is 918 g/mol. The predicted octanol–water partition coefficient (Wildman–Crippen LogP) is 9.43. The van der Waals surface area contributed by atoms with E-state index in [1.807, 2.05) is 76.2 Å². The molecule has 2 aliphatic heterocycles. The molecule has 6 heterocycles. The molecule has 16 nitrogen and oxygen atoms in total. The second kappa shape index (κ2) is 21.5. The number of hydrogen-bond acceptors (Lipinski definition) is 14. The van der Waals surface area contributed by atoms with Crippen LogP contribution >= 0.6 is 58.0 Å². The summed E-state index contributed by atoms with van der Waals surface area (Å²) in [7, 11) is 0. The fourth-order valence-corrected chi connectivity index (χ4v) is 8.51. The van der Waals surface area contributed by atoms with E-state index < -0.39 is 24.7 Å². The molecule has 2 fully saturated rings. The molecule has 0 unspecified atom stereocenters. The zero-order valence-corrected chi connectivity index (χ0v) is 39.0. The molecule has 0 bridgehead atoms. The smallest absolute Gasteiger partial charge is 0.303 e. The van der Waals surface area contributed by atoms with Crippen LogP contribution in [0.25, 0.3) is 22.1 Å². The topological polar surface area (TPSA) is 196 Å².